The number of nitrogens with zero attached hydrogens (tertiary/aromatic N) is 3. The highest BCUT2D eigenvalue weighted by Gasteiger charge is 2.29. The summed E-state index contributed by atoms with van der Waals surface area (Å²) in [5.41, 5.74) is 5.73. The SMILES string of the molecule is C[C@@H](Nc1c(C#N)nnc2cc(-c3ccc4c(c3)NC(=O)C4)ccc12)C1CC1. The molecule has 5 rings (SSSR count). The minimum absolute atomic E-state index is 0.0288. The second-order valence-electron chi connectivity index (χ2n) is 7.63. The van der Waals surface area contributed by atoms with E-state index in [2.05, 4.69) is 33.8 Å². The molecule has 2 aliphatic rings. The largest absolute Gasteiger partial charge is 0.379 e. The monoisotopic (exact) mass is 369 g/mol. The molecule has 1 atom stereocenters. The summed E-state index contributed by atoms with van der Waals surface area (Å²) >= 11 is 0. The average Bonchev–Trinajstić information content (AvgIpc) is 3.48. The number of anilines is 2. The van der Waals surface area contributed by atoms with E-state index in [9.17, 15) is 10.1 Å². The smallest absolute Gasteiger partial charge is 0.228 e. The molecule has 1 saturated carbocycles. The van der Waals surface area contributed by atoms with Crippen LogP contribution in [0.2, 0.25) is 0 Å². The van der Waals surface area contributed by atoms with Crippen LogP contribution in [0.25, 0.3) is 22.0 Å². The molecule has 0 saturated heterocycles. The molecule has 1 amide bonds. The van der Waals surface area contributed by atoms with Gasteiger partial charge in [-0.15, -0.1) is 10.2 Å². The van der Waals surface area contributed by atoms with Gasteiger partial charge in [0.2, 0.25) is 5.91 Å². The number of nitrogens with one attached hydrogen (secondary N) is 2. The van der Waals surface area contributed by atoms with Crippen molar-refractivity contribution in [2.75, 3.05) is 10.6 Å². The fourth-order valence-corrected chi connectivity index (χ4v) is 3.85. The van der Waals surface area contributed by atoms with Crippen LogP contribution in [-0.4, -0.2) is 22.1 Å². The molecule has 2 aromatic carbocycles. The Morgan fingerprint density at radius 3 is 2.75 bits per heavy atom. The maximum Gasteiger partial charge on any atom is 0.228 e. The number of carbonyl (C=O) groups excluding carboxylic acids is 1. The molecule has 1 aliphatic carbocycles. The second-order valence-corrected chi connectivity index (χ2v) is 7.63. The third-order valence-corrected chi connectivity index (χ3v) is 5.64. The predicted molar refractivity (Wildman–Crippen MR) is 108 cm³/mol. The minimum Gasteiger partial charge on any atom is -0.379 e. The van der Waals surface area contributed by atoms with Crippen LogP contribution in [0.5, 0.6) is 0 Å². The van der Waals surface area contributed by atoms with E-state index >= 15 is 0 Å². The van der Waals surface area contributed by atoms with Gasteiger partial charge >= 0.3 is 0 Å². The van der Waals surface area contributed by atoms with Gasteiger partial charge in [-0.2, -0.15) is 5.26 Å². The summed E-state index contributed by atoms with van der Waals surface area (Å²) in [6.45, 7) is 2.15. The van der Waals surface area contributed by atoms with E-state index in [0.29, 0.717) is 24.1 Å². The van der Waals surface area contributed by atoms with Crippen molar-refractivity contribution < 1.29 is 4.79 Å². The van der Waals surface area contributed by atoms with E-state index in [1.54, 1.807) is 0 Å². The lowest BCUT2D eigenvalue weighted by Crippen LogP contribution is -2.19. The molecule has 0 unspecified atom stereocenters. The van der Waals surface area contributed by atoms with Gasteiger partial charge in [0.05, 0.1) is 17.6 Å². The highest BCUT2D eigenvalue weighted by molar-refractivity contribution is 6.00. The van der Waals surface area contributed by atoms with Crippen molar-refractivity contribution in [1.82, 2.24) is 10.2 Å². The van der Waals surface area contributed by atoms with Gasteiger partial charge in [-0.25, -0.2) is 0 Å². The second kappa shape index (κ2) is 6.31. The quantitative estimate of drug-likeness (QED) is 0.728. The van der Waals surface area contributed by atoms with Crippen LogP contribution >= 0.6 is 0 Å². The fraction of sp³-hybridized carbons (Fsp3) is 0.273. The van der Waals surface area contributed by atoms with Gasteiger partial charge in [-0.1, -0.05) is 18.2 Å². The molecular weight excluding hydrogens is 350 g/mol. The third-order valence-electron chi connectivity index (χ3n) is 5.64. The van der Waals surface area contributed by atoms with Gasteiger partial charge in [0.15, 0.2) is 5.69 Å². The predicted octanol–water partition coefficient (Wildman–Crippen LogP) is 3.87. The van der Waals surface area contributed by atoms with Crippen molar-refractivity contribution in [3.8, 4) is 17.2 Å². The zero-order chi connectivity index (χ0) is 19.3. The number of aromatic nitrogens is 2. The van der Waals surface area contributed by atoms with Gasteiger partial charge in [0.25, 0.3) is 0 Å². The Bertz CT molecular complexity index is 1160. The van der Waals surface area contributed by atoms with Crippen molar-refractivity contribution in [2.45, 2.75) is 32.2 Å². The van der Waals surface area contributed by atoms with Gasteiger partial charge in [-0.05, 0) is 60.6 Å². The number of nitriles is 1. The Labute approximate surface area is 162 Å². The standard InChI is InChI=1S/C22H19N5O/c1-12(13-2-3-13)24-22-17-7-6-15(9-19(17)26-27-20(22)11-23)14-4-5-16-10-21(28)25-18(16)8-14/h4-9,12-13H,2-3,10H2,1H3,(H,24,26)(H,25,28)/t12-/m1/s1. The van der Waals surface area contributed by atoms with Crippen LogP contribution in [0.1, 0.15) is 31.0 Å². The van der Waals surface area contributed by atoms with Crippen molar-refractivity contribution >= 4 is 28.2 Å². The number of benzene rings is 2. The minimum atomic E-state index is 0.0288. The molecule has 6 nitrogen and oxygen atoms in total. The summed E-state index contributed by atoms with van der Waals surface area (Å²) in [4.78, 5) is 11.6. The maximum atomic E-state index is 11.6. The van der Waals surface area contributed by atoms with Crippen LogP contribution in [0.4, 0.5) is 11.4 Å². The summed E-state index contributed by atoms with van der Waals surface area (Å²) in [6, 6.07) is 14.5. The molecule has 3 aromatic rings. The number of fused-ring (bicyclic) bond motifs is 2. The van der Waals surface area contributed by atoms with Crippen LogP contribution in [-0.2, 0) is 11.2 Å². The Morgan fingerprint density at radius 2 is 1.96 bits per heavy atom. The number of amides is 1. The molecule has 0 bridgehead atoms. The molecule has 2 N–H and O–H groups in total. The highest BCUT2D eigenvalue weighted by Crippen LogP contribution is 2.36. The van der Waals surface area contributed by atoms with Gasteiger partial charge in [0.1, 0.15) is 6.07 Å². The Kier molecular flexibility index (Phi) is 3.76. The average molecular weight is 369 g/mol. The van der Waals surface area contributed by atoms with Gasteiger partial charge in [-0.3, -0.25) is 4.79 Å². The molecule has 0 radical (unpaired) electrons. The first-order chi connectivity index (χ1) is 13.6. The normalized spacial score (nSPS) is 16.4. The first-order valence-corrected chi connectivity index (χ1v) is 9.52. The van der Waals surface area contributed by atoms with Crippen LogP contribution in [0, 0.1) is 17.2 Å². The van der Waals surface area contributed by atoms with E-state index in [1.807, 2.05) is 36.4 Å². The van der Waals surface area contributed by atoms with Crippen molar-refractivity contribution in [3.63, 3.8) is 0 Å². The van der Waals surface area contributed by atoms with Gasteiger partial charge in [0, 0.05) is 17.1 Å². The first-order valence-electron chi connectivity index (χ1n) is 9.52. The summed E-state index contributed by atoms with van der Waals surface area (Å²) in [5, 5.41) is 25.1. The summed E-state index contributed by atoms with van der Waals surface area (Å²) in [7, 11) is 0. The number of hydrogen-bond acceptors (Lipinski definition) is 5. The lowest BCUT2D eigenvalue weighted by atomic mass is 10.0. The lowest BCUT2D eigenvalue weighted by molar-refractivity contribution is -0.115. The lowest BCUT2D eigenvalue weighted by Gasteiger charge is -2.17. The zero-order valence-electron chi connectivity index (χ0n) is 15.5. The molecule has 28 heavy (non-hydrogen) atoms. The molecule has 6 heteroatoms. The van der Waals surface area contributed by atoms with E-state index in [-0.39, 0.29) is 5.91 Å². The topological polar surface area (TPSA) is 90.7 Å². The Balaban J connectivity index is 1.56. The van der Waals surface area contributed by atoms with Crippen molar-refractivity contribution in [2.24, 2.45) is 5.92 Å². The Hall–Kier alpha value is -3.46. The molecular formula is C22H19N5O. The highest BCUT2D eigenvalue weighted by atomic mass is 16.1. The molecule has 1 aliphatic heterocycles. The van der Waals surface area contributed by atoms with Crippen molar-refractivity contribution in [1.29, 1.82) is 5.26 Å². The first kappa shape index (κ1) is 16.7. The molecule has 1 fully saturated rings. The van der Waals surface area contributed by atoms with E-state index in [1.165, 1.54) is 12.8 Å². The molecule has 138 valence electrons. The van der Waals surface area contributed by atoms with Crippen LogP contribution in [0.3, 0.4) is 0 Å². The molecule has 0 spiro atoms. The Morgan fingerprint density at radius 1 is 1.18 bits per heavy atom. The number of hydrogen-bond donors (Lipinski definition) is 2. The fourth-order valence-electron chi connectivity index (χ4n) is 3.85. The molecule has 1 aromatic heterocycles. The van der Waals surface area contributed by atoms with Gasteiger partial charge < -0.3 is 10.6 Å². The maximum absolute atomic E-state index is 11.6. The van der Waals surface area contributed by atoms with Crippen LogP contribution < -0.4 is 10.6 Å². The van der Waals surface area contributed by atoms with E-state index < -0.39 is 0 Å². The summed E-state index contributed by atoms with van der Waals surface area (Å²) in [5.74, 6) is 0.691. The summed E-state index contributed by atoms with van der Waals surface area (Å²) in [6.07, 6.45) is 2.89. The van der Waals surface area contributed by atoms with E-state index in [0.717, 1.165) is 39.0 Å². The zero-order valence-corrected chi connectivity index (χ0v) is 15.5. The van der Waals surface area contributed by atoms with Crippen LogP contribution in [0.15, 0.2) is 36.4 Å². The number of carbonyl (C=O) groups is 1. The van der Waals surface area contributed by atoms with E-state index in [4.69, 9.17) is 0 Å². The van der Waals surface area contributed by atoms with Crippen molar-refractivity contribution in [3.05, 3.63) is 47.7 Å². The summed E-state index contributed by atoms with van der Waals surface area (Å²) < 4.78 is 0. The molecule has 2 heterocycles. The third kappa shape index (κ3) is 2.85. The number of rotatable bonds is 4.